The average Bonchev–Trinajstić information content (AvgIpc) is 3.16. The highest BCUT2D eigenvalue weighted by Crippen LogP contribution is 2.31. The normalized spacial score (nSPS) is 16.9. The van der Waals surface area contributed by atoms with Crippen molar-refractivity contribution in [2.45, 2.75) is 13.3 Å². The molecule has 2 aromatic rings. The maximum absolute atomic E-state index is 7.65. The third kappa shape index (κ3) is 3.92. The highest BCUT2D eigenvalue weighted by molar-refractivity contribution is 6.09. The molecule has 0 radical (unpaired) electrons. The van der Waals surface area contributed by atoms with E-state index >= 15 is 0 Å². The van der Waals surface area contributed by atoms with Gasteiger partial charge in [0.05, 0.1) is 6.54 Å². The van der Waals surface area contributed by atoms with Gasteiger partial charge in [-0.05, 0) is 36.8 Å². The van der Waals surface area contributed by atoms with Gasteiger partial charge in [0.2, 0.25) is 0 Å². The zero-order valence-corrected chi connectivity index (χ0v) is 15.7. The van der Waals surface area contributed by atoms with Crippen LogP contribution in [0.5, 0.6) is 0 Å². The van der Waals surface area contributed by atoms with Crippen LogP contribution in [-0.2, 0) is 0 Å². The number of nitrogens with zero attached hydrogens (tertiary/aromatic N) is 4. The summed E-state index contributed by atoms with van der Waals surface area (Å²) in [5.74, 6) is 0. The van der Waals surface area contributed by atoms with Crippen LogP contribution < -0.4 is 4.90 Å². The van der Waals surface area contributed by atoms with Gasteiger partial charge >= 0.3 is 0 Å². The van der Waals surface area contributed by atoms with Crippen LogP contribution in [0.1, 0.15) is 13.3 Å². The highest BCUT2D eigenvalue weighted by Gasteiger charge is 2.22. The number of nitrogens with one attached hydrogen (secondary N) is 1. The fourth-order valence-electron chi connectivity index (χ4n) is 3.80. The topological polar surface area (TPSA) is 55.6 Å². The summed E-state index contributed by atoms with van der Waals surface area (Å²) in [6, 6.07) is 12.8. The van der Waals surface area contributed by atoms with Crippen molar-refractivity contribution in [2.24, 2.45) is 4.99 Å². The molecule has 0 spiro atoms. The largest absolute Gasteiger partial charge is 0.370 e. The van der Waals surface area contributed by atoms with E-state index in [1.165, 1.54) is 22.5 Å². The summed E-state index contributed by atoms with van der Waals surface area (Å²) in [4.78, 5) is 13.6. The lowest BCUT2D eigenvalue weighted by Crippen LogP contribution is -2.46. The van der Waals surface area contributed by atoms with Gasteiger partial charge in [-0.1, -0.05) is 18.2 Å². The molecule has 138 valence electrons. The van der Waals surface area contributed by atoms with Crippen molar-refractivity contribution in [3.8, 4) is 11.1 Å². The molecule has 0 bridgehead atoms. The standard InChI is InChI=1S/C22H25N5/c1-17(23)14-19-15-20(16-25-19)26-10-12-27(13-11-26)22-5-3-2-4-21(22)18-6-8-24-9-7-18/h2-9,15,23H,10-14,16H2,1H3. The van der Waals surface area contributed by atoms with Crippen LogP contribution in [0.2, 0.25) is 0 Å². The lowest BCUT2D eigenvalue weighted by Gasteiger charge is -2.38. The van der Waals surface area contributed by atoms with E-state index in [9.17, 15) is 0 Å². The summed E-state index contributed by atoms with van der Waals surface area (Å²) in [6.07, 6.45) is 6.55. The number of aromatic nitrogens is 1. The number of rotatable bonds is 5. The average molecular weight is 359 g/mol. The number of benzene rings is 1. The molecule has 1 aromatic heterocycles. The summed E-state index contributed by atoms with van der Waals surface area (Å²) < 4.78 is 0. The molecule has 5 nitrogen and oxygen atoms in total. The van der Waals surface area contributed by atoms with Crippen molar-refractivity contribution in [2.75, 3.05) is 37.6 Å². The minimum absolute atomic E-state index is 0.669. The summed E-state index contributed by atoms with van der Waals surface area (Å²) >= 11 is 0. The molecule has 2 aliphatic heterocycles. The van der Waals surface area contributed by atoms with Crippen LogP contribution in [0.15, 0.2) is 65.6 Å². The lowest BCUT2D eigenvalue weighted by atomic mass is 10.0. The number of anilines is 1. The van der Waals surface area contributed by atoms with Gasteiger partial charge in [0.15, 0.2) is 0 Å². The Balaban J connectivity index is 1.45. The Kier molecular flexibility index (Phi) is 5.01. The fourth-order valence-corrected chi connectivity index (χ4v) is 3.80. The van der Waals surface area contributed by atoms with E-state index in [1.54, 1.807) is 0 Å². The monoisotopic (exact) mass is 359 g/mol. The Bertz CT molecular complexity index is 877. The number of pyridine rings is 1. The van der Waals surface area contributed by atoms with E-state index < -0.39 is 0 Å². The van der Waals surface area contributed by atoms with Gasteiger partial charge in [-0.25, -0.2) is 0 Å². The minimum Gasteiger partial charge on any atom is -0.370 e. The second kappa shape index (κ2) is 7.74. The lowest BCUT2D eigenvalue weighted by molar-refractivity contribution is 0.320. The molecule has 1 aromatic carbocycles. The minimum atomic E-state index is 0.669. The molecule has 0 amide bonds. The maximum Gasteiger partial charge on any atom is 0.0792 e. The molecule has 1 N–H and O–H groups in total. The summed E-state index contributed by atoms with van der Waals surface area (Å²) in [5.41, 5.74) is 6.78. The van der Waals surface area contributed by atoms with Crippen LogP contribution in [0.3, 0.4) is 0 Å². The Hall–Kier alpha value is -2.95. The SMILES string of the molecule is CC(=N)CC1=NCC(N2CCN(c3ccccc3-c3ccncc3)CC2)=C1. The Morgan fingerprint density at radius 1 is 1.00 bits per heavy atom. The van der Waals surface area contributed by atoms with Gasteiger partial charge < -0.3 is 15.2 Å². The first kappa shape index (κ1) is 17.5. The molecule has 0 aliphatic carbocycles. The van der Waals surface area contributed by atoms with Gasteiger partial charge in [-0.15, -0.1) is 0 Å². The summed E-state index contributed by atoms with van der Waals surface area (Å²) in [5, 5.41) is 7.65. The molecule has 4 rings (SSSR count). The zero-order valence-electron chi connectivity index (χ0n) is 15.7. The molecule has 0 atom stereocenters. The van der Waals surface area contributed by atoms with E-state index in [2.05, 4.69) is 62.3 Å². The molecular weight excluding hydrogens is 334 g/mol. The highest BCUT2D eigenvalue weighted by atomic mass is 15.3. The smallest absolute Gasteiger partial charge is 0.0792 e. The first-order valence-electron chi connectivity index (χ1n) is 9.48. The third-order valence-electron chi connectivity index (χ3n) is 5.15. The quantitative estimate of drug-likeness (QED) is 0.829. The van der Waals surface area contributed by atoms with Crippen molar-refractivity contribution in [3.63, 3.8) is 0 Å². The van der Waals surface area contributed by atoms with E-state index in [4.69, 9.17) is 5.41 Å². The van der Waals surface area contributed by atoms with Gasteiger partial charge in [0.25, 0.3) is 0 Å². The van der Waals surface area contributed by atoms with E-state index in [-0.39, 0.29) is 0 Å². The van der Waals surface area contributed by atoms with E-state index in [0.717, 1.165) is 38.4 Å². The number of piperazine rings is 1. The molecule has 1 saturated heterocycles. The second-order valence-electron chi connectivity index (χ2n) is 7.13. The fraction of sp³-hybridized carbons (Fsp3) is 0.318. The van der Waals surface area contributed by atoms with Crippen LogP contribution in [-0.4, -0.2) is 54.0 Å². The number of aliphatic imine (C=N–C) groups is 1. The van der Waals surface area contributed by atoms with Gasteiger partial charge in [-0.2, -0.15) is 0 Å². The molecule has 5 heteroatoms. The Morgan fingerprint density at radius 3 is 2.44 bits per heavy atom. The van der Waals surface area contributed by atoms with E-state index in [0.29, 0.717) is 12.1 Å². The molecule has 0 unspecified atom stereocenters. The molecule has 3 heterocycles. The predicted octanol–water partition coefficient (Wildman–Crippen LogP) is 3.64. The maximum atomic E-state index is 7.65. The second-order valence-corrected chi connectivity index (χ2v) is 7.13. The molecular formula is C22H25N5. The van der Waals surface area contributed by atoms with Crippen LogP contribution in [0, 0.1) is 5.41 Å². The van der Waals surface area contributed by atoms with Gasteiger partial charge in [0.1, 0.15) is 0 Å². The molecule has 2 aliphatic rings. The molecule has 1 fully saturated rings. The van der Waals surface area contributed by atoms with Crippen LogP contribution in [0.25, 0.3) is 11.1 Å². The Labute approximate surface area is 160 Å². The first-order chi connectivity index (χ1) is 13.2. The zero-order chi connectivity index (χ0) is 18.6. The summed E-state index contributed by atoms with van der Waals surface area (Å²) in [6.45, 7) is 6.60. The van der Waals surface area contributed by atoms with Crippen molar-refractivity contribution in [3.05, 3.63) is 60.6 Å². The van der Waals surface area contributed by atoms with Crippen LogP contribution >= 0.6 is 0 Å². The summed E-state index contributed by atoms with van der Waals surface area (Å²) in [7, 11) is 0. The van der Waals surface area contributed by atoms with Crippen molar-refractivity contribution in [1.82, 2.24) is 9.88 Å². The number of hydrogen-bond donors (Lipinski definition) is 1. The van der Waals surface area contributed by atoms with Gasteiger partial charge in [-0.3, -0.25) is 9.98 Å². The predicted molar refractivity (Wildman–Crippen MR) is 112 cm³/mol. The first-order valence-corrected chi connectivity index (χ1v) is 9.48. The number of hydrogen-bond acceptors (Lipinski definition) is 5. The van der Waals surface area contributed by atoms with Crippen molar-refractivity contribution in [1.29, 1.82) is 5.41 Å². The molecule has 0 saturated carbocycles. The molecule has 27 heavy (non-hydrogen) atoms. The Morgan fingerprint density at radius 2 is 1.70 bits per heavy atom. The van der Waals surface area contributed by atoms with Crippen LogP contribution in [0.4, 0.5) is 5.69 Å². The number of para-hydroxylation sites is 1. The van der Waals surface area contributed by atoms with Crippen molar-refractivity contribution < 1.29 is 0 Å². The van der Waals surface area contributed by atoms with E-state index in [1.807, 2.05) is 19.3 Å². The number of allylic oxidation sites excluding steroid dienone is 1. The third-order valence-corrected chi connectivity index (χ3v) is 5.15. The van der Waals surface area contributed by atoms with Crippen molar-refractivity contribution >= 4 is 17.1 Å². The van der Waals surface area contributed by atoms with Gasteiger partial charge in [0, 0.05) is 73.4 Å².